The summed E-state index contributed by atoms with van der Waals surface area (Å²) in [5.74, 6) is -0.000525. The van der Waals surface area contributed by atoms with Crippen LogP contribution < -0.4 is 10.6 Å². The highest BCUT2D eigenvalue weighted by molar-refractivity contribution is 5.95. The van der Waals surface area contributed by atoms with Crippen LogP contribution in [0.15, 0.2) is 18.2 Å². The van der Waals surface area contributed by atoms with E-state index in [0.29, 0.717) is 6.61 Å². The Morgan fingerprint density at radius 1 is 1.44 bits per heavy atom. The zero-order valence-corrected chi connectivity index (χ0v) is 10.4. The number of fused-ring (bicyclic) bond motifs is 1. The lowest BCUT2D eigenvalue weighted by Gasteiger charge is -2.21. The molecule has 18 heavy (non-hydrogen) atoms. The molecule has 2 N–H and O–H groups in total. The third-order valence-electron chi connectivity index (χ3n) is 3.62. The number of amides is 1. The molecule has 4 heteroatoms. The monoisotopic (exact) mass is 246 g/mol. The molecule has 3 rings (SSSR count). The normalized spacial score (nSPS) is 22.6. The van der Waals surface area contributed by atoms with Gasteiger partial charge in [0, 0.05) is 18.8 Å². The van der Waals surface area contributed by atoms with E-state index in [1.165, 1.54) is 11.1 Å². The molecule has 4 nitrogen and oxygen atoms in total. The molecule has 2 aliphatic heterocycles. The number of hydrogen-bond donors (Lipinski definition) is 2. The molecule has 1 aromatic carbocycles. The Kier molecular flexibility index (Phi) is 3.30. The molecule has 0 radical (unpaired) electrons. The van der Waals surface area contributed by atoms with Crippen LogP contribution in [-0.2, 0) is 22.5 Å². The minimum absolute atomic E-state index is 0.000525. The first-order valence-electron chi connectivity index (χ1n) is 6.58. The molecule has 1 unspecified atom stereocenters. The minimum Gasteiger partial charge on any atom is -0.368 e. The smallest absolute Gasteiger partial charge is 0.253 e. The Balaban J connectivity index is 1.77. The number of benzene rings is 1. The summed E-state index contributed by atoms with van der Waals surface area (Å²) in [7, 11) is 0. The number of anilines is 1. The lowest BCUT2D eigenvalue weighted by molar-refractivity contribution is -0.124. The van der Waals surface area contributed by atoms with Crippen molar-refractivity contribution in [1.29, 1.82) is 0 Å². The van der Waals surface area contributed by atoms with Gasteiger partial charge in [-0.05, 0) is 43.0 Å². The third kappa shape index (κ3) is 2.26. The van der Waals surface area contributed by atoms with E-state index in [1.807, 2.05) is 12.1 Å². The Hall–Kier alpha value is -1.39. The summed E-state index contributed by atoms with van der Waals surface area (Å²) < 4.78 is 5.41. The summed E-state index contributed by atoms with van der Waals surface area (Å²) in [4.78, 5) is 12.0. The summed E-state index contributed by atoms with van der Waals surface area (Å²) in [6, 6.07) is 6.09. The summed E-state index contributed by atoms with van der Waals surface area (Å²) in [5.41, 5.74) is 3.50. The molecule has 0 spiro atoms. The van der Waals surface area contributed by atoms with Crippen molar-refractivity contribution in [1.82, 2.24) is 5.32 Å². The number of nitrogens with one attached hydrogen (secondary N) is 2. The number of carbonyl (C=O) groups excluding carboxylic acids is 1. The molecular formula is C14H18N2O2. The second-order valence-electron chi connectivity index (χ2n) is 4.86. The van der Waals surface area contributed by atoms with Crippen LogP contribution in [0.5, 0.6) is 0 Å². The van der Waals surface area contributed by atoms with E-state index >= 15 is 0 Å². The molecular weight excluding hydrogens is 228 g/mol. The first-order chi connectivity index (χ1) is 8.84. The van der Waals surface area contributed by atoms with Crippen LogP contribution in [0.3, 0.4) is 0 Å². The number of hydrogen-bond acceptors (Lipinski definition) is 3. The van der Waals surface area contributed by atoms with Crippen LogP contribution in [0.25, 0.3) is 0 Å². The van der Waals surface area contributed by atoms with Crippen molar-refractivity contribution in [2.45, 2.75) is 31.9 Å². The van der Waals surface area contributed by atoms with Crippen LogP contribution >= 0.6 is 0 Å². The highest BCUT2D eigenvalue weighted by Gasteiger charge is 2.24. The van der Waals surface area contributed by atoms with Gasteiger partial charge in [0.2, 0.25) is 0 Å². The molecule has 1 fully saturated rings. The van der Waals surface area contributed by atoms with Gasteiger partial charge in [0.1, 0.15) is 6.10 Å². The van der Waals surface area contributed by atoms with Gasteiger partial charge in [-0.2, -0.15) is 0 Å². The molecule has 1 atom stereocenters. The highest BCUT2D eigenvalue weighted by Crippen LogP contribution is 2.24. The Morgan fingerprint density at radius 3 is 3.22 bits per heavy atom. The average Bonchev–Trinajstić information content (AvgIpc) is 2.93. The fourth-order valence-corrected chi connectivity index (χ4v) is 2.65. The number of ether oxygens (including phenoxy) is 1. The van der Waals surface area contributed by atoms with E-state index < -0.39 is 0 Å². The number of rotatable bonds is 2. The van der Waals surface area contributed by atoms with Gasteiger partial charge in [-0.1, -0.05) is 12.1 Å². The standard InChI is InChI=1S/C14H18N2O2/c17-14(13-5-2-8-18-13)16-12-4-1-3-10-9-15-7-6-11(10)12/h1,3-4,13,15H,2,5-9H2,(H,16,17). The summed E-state index contributed by atoms with van der Waals surface area (Å²) in [6.45, 7) is 2.56. The Bertz CT molecular complexity index is 453. The van der Waals surface area contributed by atoms with E-state index in [4.69, 9.17) is 4.74 Å². The van der Waals surface area contributed by atoms with Crippen LogP contribution in [-0.4, -0.2) is 25.2 Å². The highest BCUT2D eigenvalue weighted by atomic mass is 16.5. The van der Waals surface area contributed by atoms with Crippen molar-refractivity contribution in [3.8, 4) is 0 Å². The van der Waals surface area contributed by atoms with Crippen molar-refractivity contribution < 1.29 is 9.53 Å². The molecule has 0 aromatic heterocycles. The zero-order valence-electron chi connectivity index (χ0n) is 10.4. The van der Waals surface area contributed by atoms with E-state index in [1.54, 1.807) is 0 Å². The van der Waals surface area contributed by atoms with Crippen molar-refractivity contribution >= 4 is 11.6 Å². The quantitative estimate of drug-likeness (QED) is 0.830. The molecule has 96 valence electrons. The molecule has 0 saturated carbocycles. The largest absolute Gasteiger partial charge is 0.368 e. The average molecular weight is 246 g/mol. The Morgan fingerprint density at radius 2 is 2.39 bits per heavy atom. The van der Waals surface area contributed by atoms with E-state index in [0.717, 1.165) is 38.0 Å². The van der Waals surface area contributed by atoms with Crippen molar-refractivity contribution in [3.05, 3.63) is 29.3 Å². The molecule has 1 aromatic rings. The lowest BCUT2D eigenvalue weighted by Crippen LogP contribution is -2.29. The van der Waals surface area contributed by atoms with Gasteiger partial charge in [0.25, 0.3) is 5.91 Å². The Labute approximate surface area is 107 Å². The summed E-state index contributed by atoms with van der Waals surface area (Å²) in [5, 5.41) is 6.36. The van der Waals surface area contributed by atoms with Crippen LogP contribution in [0.2, 0.25) is 0 Å². The van der Waals surface area contributed by atoms with Gasteiger partial charge in [-0.15, -0.1) is 0 Å². The predicted molar refractivity (Wildman–Crippen MR) is 69.5 cm³/mol. The maximum absolute atomic E-state index is 12.0. The van der Waals surface area contributed by atoms with Crippen molar-refractivity contribution in [2.24, 2.45) is 0 Å². The van der Waals surface area contributed by atoms with Gasteiger partial charge in [0.15, 0.2) is 0 Å². The molecule has 0 aliphatic carbocycles. The van der Waals surface area contributed by atoms with Gasteiger partial charge in [0.05, 0.1) is 0 Å². The summed E-state index contributed by atoms with van der Waals surface area (Å²) in [6.07, 6.45) is 2.52. The fourth-order valence-electron chi connectivity index (χ4n) is 2.65. The van der Waals surface area contributed by atoms with Gasteiger partial charge in [-0.25, -0.2) is 0 Å². The first kappa shape index (κ1) is 11.7. The molecule has 2 aliphatic rings. The molecule has 1 amide bonds. The van der Waals surface area contributed by atoms with Gasteiger partial charge < -0.3 is 15.4 Å². The second-order valence-corrected chi connectivity index (χ2v) is 4.86. The first-order valence-corrected chi connectivity index (χ1v) is 6.58. The van der Waals surface area contributed by atoms with Crippen LogP contribution in [0.4, 0.5) is 5.69 Å². The predicted octanol–water partition coefficient (Wildman–Crippen LogP) is 1.45. The van der Waals surface area contributed by atoms with Crippen molar-refractivity contribution in [3.63, 3.8) is 0 Å². The van der Waals surface area contributed by atoms with Gasteiger partial charge >= 0.3 is 0 Å². The maximum atomic E-state index is 12.0. The molecule has 2 heterocycles. The summed E-state index contributed by atoms with van der Waals surface area (Å²) >= 11 is 0. The minimum atomic E-state index is -0.262. The van der Waals surface area contributed by atoms with Gasteiger partial charge in [-0.3, -0.25) is 4.79 Å². The van der Waals surface area contributed by atoms with Crippen molar-refractivity contribution in [2.75, 3.05) is 18.5 Å². The fraction of sp³-hybridized carbons (Fsp3) is 0.500. The van der Waals surface area contributed by atoms with Crippen LogP contribution in [0.1, 0.15) is 24.0 Å². The SMILES string of the molecule is O=C(Nc1cccc2c1CCNC2)C1CCCO1. The molecule has 1 saturated heterocycles. The zero-order chi connectivity index (χ0) is 12.4. The maximum Gasteiger partial charge on any atom is 0.253 e. The topological polar surface area (TPSA) is 50.4 Å². The molecule has 0 bridgehead atoms. The van der Waals surface area contributed by atoms with Crippen LogP contribution in [0, 0.1) is 0 Å². The lowest BCUT2D eigenvalue weighted by atomic mass is 9.99. The third-order valence-corrected chi connectivity index (χ3v) is 3.62. The van der Waals surface area contributed by atoms with E-state index in [2.05, 4.69) is 16.7 Å². The second kappa shape index (κ2) is 5.08. The number of carbonyl (C=O) groups is 1. The van der Waals surface area contributed by atoms with E-state index in [9.17, 15) is 4.79 Å². The van der Waals surface area contributed by atoms with E-state index in [-0.39, 0.29) is 12.0 Å².